The van der Waals surface area contributed by atoms with Crippen LogP contribution < -0.4 is 4.90 Å². The second-order valence-corrected chi connectivity index (χ2v) is 11.1. The number of aryl methyl sites for hydroxylation is 2. The van der Waals surface area contributed by atoms with Gasteiger partial charge in [0.05, 0.1) is 36.1 Å². The largest absolute Gasteiger partial charge is 0.478 e. The molecule has 2 heterocycles. The van der Waals surface area contributed by atoms with E-state index in [0.717, 1.165) is 57.4 Å². The highest BCUT2D eigenvalue weighted by atomic mass is 16.4. The van der Waals surface area contributed by atoms with Crippen molar-refractivity contribution in [2.24, 2.45) is 20.0 Å². The molecule has 5 aromatic rings. The number of carbonyl (C=O) groups is 2. The summed E-state index contributed by atoms with van der Waals surface area (Å²) >= 11 is 0. The Morgan fingerprint density at radius 2 is 1.69 bits per heavy atom. The number of hydrogen-bond acceptors (Lipinski definition) is 5. The Hall–Kier alpha value is -4.76. The van der Waals surface area contributed by atoms with Crippen LogP contribution in [-0.4, -0.2) is 47.8 Å². The second-order valence-electron chi connectivity index (χ2n) is 11.1. The van der Waals surface area contributed by atoms with Gasteiger partial charge in [-0.2, -0.15) is 10.2 Å². The summed E-state index contributed by atoms with van der Waals surface area (Å²) in [5, 5.41) is 30.2. The lowest BCUT2D eigenvalue weighted by molar-refractivity contribution is -0.131. The SMILES string of the molecule is Cn1ncc2cc(-c3ccc(CN(C(=O)C4CCCC(O)C4)c4cc(C=CC(=O)O)c5cnn(C)c5c4)cc3)ccc21. The molecule has 1 saturated carbocycles. The summed E-state index contributed by atoms with van der Waals surface area (Å²) in [4.78, 5) is 27.2. The summed E-state index contributed by atoms with van der Waals surface area (Å²) in [5.74, 6) is -1.39. The number of rotatable bonds is 7. The number of aliphatic hydroxyl groups excluding tert-OH is 1. The van der Waals surface area contributed by atoms with Crippen LogP contribution in [0.2, 0.25) is 0 Å². The molecule has 9 heteroatoms. The van der Waals surface area contributed by atoms with E-state index in [1.807, 2.05) is 49.2 Å². The quantitative estimate of drug-likeness (QED) is 0.260. The minimum Gasteiger partial charge on any atom is -0.478 e. The summed E-state index contributed by atoms with van der Waals surface area (Å²) in [6, 6.07) is 18.2. The Morgan fingerprint density at radius 3 is 2.45 bits per heavy atom. The van der Waals surface area contributed by atoms with E-state index in [-0.39, 0.29) is 11.8 Å². The second kappa shape index (κ2) is 11.3. The fraction of sp³-hybridized carbons (Fsp3) is 0.273. The highest BCUT2D eigenvalue weighted by Crippen LogP contribution is 2.33. The number of carbonyl (C=O) groups excluding carboxylic acids is 1. The molecule has 0 aliphatic heterocycles. The zero-order valence-corrected chi connectivity index (χ0v) is 23.6. The first-order chi connectivity index (χ1) is 20.3. The molecule has 2 unspecified atom stereocenters. The van der Waals surface area contributed by atoms with Gasteiger partial charge in [-0.05, 0) is 71.9 Å². The fourth-order valence-electron chi connectivity index (χ4n) is 5.95. The third kappa shape index (κ3) is 5.43. The van der Waals surface area contributed by atoms with Gasteiger partial charge in [0, 0.05) is 42.5 Å². The van der Waals surface area contributed by atoms with E-state index in [1.165, 1.54) is 6.08 Å². The smallest absolute Gasteiger partial charge is 0.328 e. The number of anilines is 1. The molecule has 0 radical (unpaired) electrons. The van der Waals surface area contributed by atoms with Crippen LogP contribution in [0.25, 0.3) is 39.0 Å². The molecule has 9 nitrogen and oxygen atoms in total. The van der Waals surface area contributed by atoms with Gasteiger partial charge in [-0.1, -0.05) is 36.8 Å². The Kier molecular flexibility index (Phi) is 7.34. The number of aliphatic carboxylic acids is 1. The molecule has 0 spiro atoms. The molecule has 1 fully saturated rings. The number of benzene rings is 3. The Morgan fingerprint density at radius 1 is 0.952 bits per heavy atom. The minimum atomic E-state index is -1.05. The lowest BCUT2D eigenvalue weighted by Crippen LogP contribution is -2.38. The van der Waals surface area contributed by atoms with E-state index >= 15 is 0 Å². The first-order valence-electron chi connectivity index (χ1n) is 14.1. The fourth-order valence-corrected chi connectivity index (χ4v) is 5.95. The summed E-state index contributed by atoms with van der Waals surface area (Å²) in [6.45, 7) is 0.332. The highest BCUT2D eigenvalue weighted by molar-refractivity contribution is 6.00. The number of aromatic nitrogens is 4. The molecule has 6 rings (SSSR count). The maximum atomic E-state index is 14.1. The Bertz CT molecular complexity index is 1820. The van der Waals surface area contributed by atoms with Gasteiger partial charge in [0.1, 0.15) is 0 Å². The molecule has 214 valence electrons. The van der Waals surface area contributed by atoms with Crippen LogP contribution in [0.3, 0.4) is 0 Å². The van der Waals surface area contributed by atoms with Crippen molar-refractivity contribution in [1.29, 1.82) is 0 Å². The van der Waals surface area contributed by atoms with E-state index in [4.69, 9.17) is 0 Å². The van der Waals surface area contributed by atoms with Crippen molar-refractivity contribution in [2.45, 2.75) is 38.3 Å². The maximum Gasteiger partial charge on any atom is 0.328 e. The first-order valence-corrected chi connectivity index (χ1v) is 14.1. The number of carboxylic acids is 1. The van der Waals surface area contributed by atoms with Gasteiger partial charge < -0.3 is 15.1 Å². The zero-order chi connectivity index (χ0) is 29.4. The summed E-state index contributed by atoms with van der Waals surface area (Å²) < 4.78 is 3.57. The minimum absolute atomic E-state index is 0.0467. The van der Waals surface area contributed by atoms with Gasteiger partial charge in [0.15, 0.2) is 0 Å². The molecule has 1 amide bonds. The third-order valence-corrected chi connectivity index (χ3v) is 8.24. The van der Waals surface area contributed by atoms with Gasteiger partial charge in [0.25, 0.3) is 0 Å². The highest BCUT2D eigenvalue weighted by Gasteiger charge is 2.31. The molecule has 0 bridgehead atoms. The van der Waals surface area contributed by atoms with Crippen molar-refractivity contribution in [3.63, 3.8) is 0 Å². The van der Waals surface area contributed by atoms with E-state index in [0.29, 0.717) is 30.6 Å². The number of aliphatic hydroxyl groups is 1. The van der Waals surface area contributed by atoms with Crippen molar-refractivity contribution < 1.29 is 19.8 Å². The zero-order valence-electron chi connectivity index (χ0n) is 23.6. The lowest BCUT2D eigenvalue weighted by atomic mass is 9.86. The van der Waals surface area contributed by atoms with Crippen LogP contribution in [-0.2, 0) is 30.2 Å². The molecule has 2 atom stereocenters. The average molecular weight is 564 g/mol. The standard InChI is InChI=1S/C33H33N5O4/c1-36-30-12-10-23(14-26(30)18-34-36)22-8-6-21(7-9-22)20-38(33(42)25-4-3-5-28(39)16-25)27-15-24(11-13-32(40)41)29-19-35-37(2)31(29)17-27/h6-15,17-19,25,28,39H,3-5,16,20H2,1-2H3,(H,40,41). The molecule has 42 heavy (non-hydrogen) atoms. The van der Waals surface area contributed by atoms with Crippen molar-refractivity contribution >= 4 is 45.4 Å². The van der Waals surface area contributed by atoms with Gasteiger partial charge in [-0.25, -0.2) is 4.79 Å². The monoisotopic (exact) mass is 563 g/mol. The molecule has 1 aliphatic rings. The first kappa shape index (κ1) is 27.4. The van der Waals surface area contributed by atoms with Gasteiger partial charge in [-0.15, -0.1) is 0 Å². The van der Waals surface area contributed by atoms with Gasteiger partial charge >= 0.3 is 5.97 Å². The lowest BCUT2D eigenvalue weighted by Gasteiger charge is -2.31. The van der Waals surface area contributed by atoms with Crippen molar-refractivity contribution in [1.82, 2.24) is 19.6 Å². The van der Waals surface area contributed by atoms with E-state index < -0.39 is 12.1 Å². The van der Waals surface area contributed by atoms with Crippen LogP contribution in [0.1, 0.15) is 36.8 Å². The number of hydrogen-bond donors (Lipinski definition) is 2. The van der Waals surface area contributed by atoms with E-state index in [1.54, 1.807) is 15.8 Å². The Labute approximate surface area is 243 Å². The predicted octanol–water partition coefficient (Wildman–Crippen LogP) is 5.31. The molecule has 3 aromatic carbocycles. The van der Waals surface area contributed by atoms with Crippen LogP contribution in [0, 0.1) is 5.92 Å². The number of nitrogens with zero attached hydrogens (tertiary/aromatic N) is 5. The summed E-state index contributed by atoms with van der Waals surface area (Å²) in [6.07, 6.45) is 8.37. The Balaban J connectivity index is 1.36. The molecule has 1 aliphatic carbocycles. The van der Waals surface area contributed by atoms with Crippen molar-refractivity contribution in [3.8, 4) is 11.1 Å². The summed E-state index contributed by atoms with van der Waals surface area (Å²) in [5.41, 5.74) is 6.30. The van der Waals surface area contributed by atoms with Crippen LogP contribution in [0.4, 0.5) is 5.69 Å². The van der Waals surface area contributed by atoms with Gasteiger partial charge in [0.2, 0.25) is 5.91 Å². The van der Waals surface area contributed by atoms with Crippen LogP contribution in [0.15, 0.2) is 73.1 Å². The third-order valence-electron chi connectivity index (χ3n) is 8.24. The molecule has 2 aromatic heterocycles. The molecular weight excluding hydrogens is 530 g/mol. The number of carboxylic acid groups (broad SMARTS) is 1. The number of amides is 1. The predicted molar refractivity (Wildman–Crippen MR) is 163 cm³/mol. The summed E-state index contributed by atoms with van der Waals surface area (Å²) in [7, 11) is 3.75. The molecule has 2 N–H and O–H groups in total. The van der Waals surface area contributed by atoms with E-state index in [9.17, 15) is 19.8 Å². The van der Waals surface area contributed by atoms with Crippen LogP contribution >= 0.6 is 0 Å². The topological polar surface area (TPSA) is 113 Å². The van der Waals surface area contributed by atoms with Crippen LogP contribution in [0.5, 0.6) is 0 Å². The average Bonchev–Trinajstić information content (AvgIpc) is 3.56. The maximum absolute atomic E-state index is 14.1. The number of fused-ring (bicyclic) bond motifs is 2. The van der Waals surface area contributed by atoms with E-state index in [2.05, 4.69) is 40.5 Å². The molecule has 0 saturated heterocycles. The van der Waals surface area contributed by atoms with Crippen molar-refractivity contribution in [3.05, 3.63) is 84.2 Å². The van der Waals surface area contributed by atoms with Crippen molar-refractivity contribution in [2.75, 3.05) is 4.90 Å². The normalized spacial score (nSPS) is 17.3. The van der Waals surface area contributed by atoms with Gasteiger partial charge in [-0.3, -0.25) is 14.2 Å². The molecular formula is C33H33N5O4.